The van der Waals surface area contributed by atoms with Gasteiger partial charge < -0.3 is 21.9 Å². The molecular weight excluding hydrogens is 130 g/mol. The summed E-state index contributed by atoms with van der Waals surface area (Å²) in [6, 6.07) is 0. The van der Waals surface area contributed by atoms with Gasteiger partial charge in [-0.25, -0.2) is 0 Å². The van der Waals surface area contributed by atoms with E-state index >= 15 is 0 Å². The molecule has 0 aliphatic rings. The summed E-state index contributed by atoms with van der Waals surface area (Å²) in [5.41, 5.74) is 0. The zero-order valence-electron chi connectivity index (χ0n) is 3.37. The van der Waals surface area contributed by atoms with Crippen LogP contribution in [0.3, 0.4) is 0 Å². The van der Waals surface area contributed by atoms with Crippen LogP contribution < -0.4 is 51.4 Å². The summed E-state index contributed by atoms with van der Waals surface area (Å²) in [4.78, 5) is 0. The van der Waals surface area contributed by atoms with Gasteiger partial charge in [0.2, 0.25) is 0 Å². The normalized spacial score (nSPS) is 0. The van der Waals surface area contributed by atoms with Gasteiger partial charge in [0.1, 0.15) is 0 Å². The van der Waals surface area contributed by atoms with Crippen LogP contribution in [0.1, 0.15) is 0 Å². The van der Waals surface area contributed by atoms with Gasteiger partial charge in [-0.3, -0.25) is 0 Å². The Morgan fingerprint density at radius 1 is 0.500 bits per heavy atom. The van der Waals surface area contributed by atoms with E-state index in [2.05, 4.69) is 0 Å². The smallest absolute Gasteiger partial charge is 0.870 e. The van der Waals surface area contributed by atoms with Crippen molar-refractivity contribution in [2.24, 2.45) is 0 Å². The largest absolute Gasteiger partial charge is 3.00 e. The second kappa shape index (κ2) is 62.7. The average Bonchev–Trinajstić information content (AvgIpc) is 0. The molecule has 0 spiro atoms. The first kappa shape index (κ1) is 97.5. The Morgan fingerprint density at radius 3 is 0.500 bits per heavy atom. The third kappa shape index (κ3) is 37.4. The van der Waals surface area contributed by atoms with Crippen molar-refractivity contribution in [3.63, 3.8) is 0 Å². The van der Waals surface area contributed by atoms with Crippen molar-refractivity contribution >= 4 is 17.4 Å². The minimum absolute atomic E-state index is 0. The van der Waals surface area contributed by atoms with E-state index in [-0.39, 0.29) is 90.7 Å². The Kier molecular flexibility index (Phi) is 1020. The molecule has 0 radical (unpaired) electrons. The molecule has 4 N–H and O–H groups in total. The van der Waals surface area contributed by atoms with Gasteiger partial charge in [-0.2, -0.15) is 0 Å². The van der Waals surface area contributed by atoms with E-state index in [1.807, 2.05) is 0 Å². The standard InChI is InChI=1S/Al.K.4H2O/h;;4*1H2/q+3;+1;;;;/p-4. The van der Waals surface area contributed by atoms with Gasteiger partial charge in [-0.1, -0.05) is 0 Å². The fourth-order valence-corrected chi connectivity index (χ4v) is 0. The fourth-order valence-electron chi connectivity index (χ4n) is 0. The van der Waals surface area contributed by atoms with E-state index in [0.717, 1.165) is 0 Å². The Hall–Kier alpha value is 2.01. The van der Waals surface area contributed by atoms with Crippen molar-refractivity contribution < 1.29 is 73.3 Å². The van der Waals surface area contributed by atoms with Gasteiger partial charge in [-0.15, -0.1) is 0 Å². The Balaban J connectivity index is 0. The van der Waals surface area contributed by atoms with Gasteiger partial charge in [0, 0.05) is 0 Å². The predicted molar refractivity (Wildman–Crippen MR) is 13.5 cm³/mol. The van der Waals surface area contributed by atoms with Crippen molar-refractivity contribution in [2.75, 3.05) is 0 Å². The number of hydrogen-bond acceptors (Lipinski definition) is 4. The Bertz CT molecular complexity index is 7.51. The summed E-state index contributed by atoms with van der Waals surface area (Å²) in [5, 5.41) is 0. The molecule has 0 unspecified atom stereocenters. The Labute approximate surface area is 89.1 Å². The maximum absolute atomic E-state index is 0. The van der Waals surface area contributed by atoms with E-state index in [4.69, 9.17) is 0 Å². The third-order valence-corrected chi connectivity index (χ3v) is 0. The number of hydrogen-bond donors (Lipinski definition) is 0. The minimum Gasteiger partial charge on any atom is -0.870 e. The molecule has 0 aromatic heterocycles. The quantitative estimate of drug-likeness (QED) is 0.313. The predicted octanol–water partition coefficient (Wildman–Crippen LogP) is -4.08. The van der Waals surface area contributed by atoms with Crippen molar-refractivity contribution in [2.45, 2.75) is 0 Å². The minimum atomic E-state index is 0. The van der Waals surface area contributed by atoms with Crippen LogP contribution >= 0.6 is 0 Å². The molecule has 0 aliphatic heterocycles. The second-order valence-corrected chi connectivity index (χ2v) is 0. The van der Waals surface area contributed by atoms with Crippen LogP contribution in [0.25, 0.3) is 0 Å². The van der Waals surface area contributed by atoms with Gasteiger partial charge in [0.25, 0.3) is 0 Å². The van der Waals surface area contributed by atoms with Crippen molar-refractivity contribution in [3.8, 4) is 0 Å². The molecule has 0 aromatic rings. The maximum Gasteiger partial charge on any atom is 3.00 e. The first-order valence-electron chi connectivity index (χ1n) is 0. The van der Waals surface area contributed by atoms with E-state index < -0.39 is 0 Å². The molecule has 0 rings (SSSR count). The molecule has 0 aromatic carbocycles. The first-order valence-corrected chi connectivity index (χ1v) is 0. The van der Waals surface area contributed by atoms with Crippen LogP contribution in [0.4, 0.5) is 0 Å². The monoisotopic (exact) mass is 134 g/mol. The average molecular weight is 134 g/mol. The molecule has 0 saturated carbocycles. The molecule has 6 heteroatoms. The van der Waals surface area contributed by atoms with Gasteiger partial charge >= 0.3 is 68.7 Å². The van der Waals surface area contributed by atoms with E-state index in [1.54, 1.807) is 0 Å². The molecule has 0 heterocycles. The summed E-state index contributed by atoms with van der Waals surface area (Å²) in [6.07, 6.45) is 0. The van der Waals surface area contributed by atoms with E-state index in [0.29, 0.717) is 0 Å². The van der Waals surface area contributed by atoms with Gasteiger partial charge in [0.15, 0.2) is 0 Å². The Morgan fingerprint density at radius 2 is 0.500 bits per heavy atom. The molecule has 4 nitrogen and oxygen atoms in total. The van der Waals surface area contributed by atoms with Crippen molar-refractivity contribution in [3.05, 3.63) is 0 Å². The zero-order chi connectivity index (χ0) is 0. The van der Waals surface area contributed by atoms with E-state index in [1.165, 1.54) is 0 Å². The summed E-state index contributed by atoms with van der Waals surface area (Å²) >= 11 is 0. The van der Waals surface area contributed by atoms with Crippen LogP contribution in [0.2, 0.25) is 0 Å². The molecule has 0 fully saturated rings. The summed E-state index contributed by atoms with van der Waals surface area (Å²) in [5.74, 6) is 0. The molecule has 0 atom stereocenters. The summed E-state index contributed by atoms with van der Waals surface area (Å²) < 4.78 is 0. The second-order valence-electron chi connectivity index (χ2n) is 0. The van der Waals surface area contributed by atoms with Crippen LogP contribution in [-0.4, -0.2) is 39.3 Å². The van der Waals surface area contributed by atoms with Crippen molar-refractivity contribution in [1.29, 1.82) is 0 Å². The molecule has 6 heavy (non-hydrogen) atoms. The molecule has 0 aliphatic carbocycles. The summed E-state index contributed by atoms with van der Waals surface area (Å²) in [6.45, 7) is 0. The van der Waals surface area contributed by atoms with E-state index in [9.17, 15) is 0 Å². The van der Waals surface area contributed by atoms with Crippen molar-refractivity contribution in [1.82, 2.24) is 0 Å². The van der Waals surface area contributed by atoms with Crippen LogP contribution in [0.5, 0.6) is 0 Å². The molecular formula is H4AlKO4. The molecule has 32 valence electrons. The van der Waals surface area contributed by atoms with Crippen LogP contribution in [-0.2, 0) is 0 Å². The molecule has 0 amide bonds. The van der Waals surface area contributed by atoms with Crippen LogP contribution in [0, 0.1) is 0 Å². The SMILES string of the molecule is [Al+3].[K+].[OH-].[OH-].[OH-].[OH-]. The molecule has 0 bridgehead atoms. The van der Waals surface area contributed by atoms with Gasteiger partial charge in [0.05, 0.1) is 0 Å². The third-order valence-electron chi connectivity index (χ3n) is 0. The van der Waals surface area contributed by atoms with Gasteiger partial charge in [-0.05, 0) is 0 Å². The maximum atomic E-state index is 0. The molecule has 0 saturated heterocycles. The summed E-state index contributed by atoms with van der Waals surface area (Å²) in [7, 11) is 0. The van der Waals surface area contributed by atoms with Crippen LogP contribution in [0.15, 0.2) is 0 Å². The topological polar surface area (TPSA) is 120 Å². The first-order chi connectivity index (χ1) is 0. The fraction of sp³-hybridized carbons (Fsp3) is 0. The zero-order valence-corrected chi connectivity index (χ0v) is 7.64. The number of rotatable bonds is 0.